The molecule has 2 aromatic rings. The number of urea groups is 1. The van der Waals surface area contributed by atoms with Gasteiger partial charge in [0.25, 0.3) is 0 Å². The van der Waals surface area contributed by atoms with Crippen molar-refractivity contribution in [3.8, 4) is 5.75 Å². The molecule has 0 saturated carbocycles. The minimum absolute atomic E-state index is 0.0242. The molecule has 2 rings (SSSR count). The van der Waals surface area contributed by atoms with Crippen LogP contribution in [0.3, 0.4) is 0 Å². The van der Waals surface area contributed by atoms with E-state index < -0.39 is 40.6 Å². The molecule has 0 bridgehead atoms. The highest BCUT2D eigenvalue weighted by Gasteiger charge is 2.33. The predicted octanol–water partition coefficient (Wildman–Crippen LogP) is 2.56. The van der Waals surface area contributed by atoms with E-state index in [2.05, 4.69) is 15.4 Å². The zero-order chi connectivity index (χ0) is 22.4. The standard InChI is InChI=1S/C19H21F3N2O5S/c1-30(27,28)14-8-6-13(7-9-14)10-11-23-18(26)24-16(12-25)15-4-2-3-5-17(15)29-19(20,21)22/h2-9,16,25H,10-12H2,1H3,(H2,23,24,26). The fraction of sp³-hybridized carbons (Fsp3) is 0.316. The van der Waals surface area contributed by atoms with Crippen LogP contribution in [-0.4, -0.2) is 45.3 Å². The lowest BCUT2D eigenvalue weighted by Crippen LogP contribution is -2.40. The van der Waals surface area contributed by atoms with Crippen LogP contribution in [0.5, 0.6) is 5.75 Å². The van der Waals surface area contributed by atoms with Crippen LogP contribution in [0.4, 0.5) is 18.0 Å². The molecule has 0 radical (unpaired) electrons. The molecule has 2 aromatic carbocycles. The number of carbonyl (C=O) groups is 1. The molecule has 3 N–H and O–H groups in total. The van der Waals surface area contributed by atoms with Gasteiger partial charge in [0.05, 0.1) is 17.5 Å². The summed E-state index contributed by atoms with van der Waals surface area (Å²) in [6.07, 6.45) is -3.41. The molecule has 1 unspecified atom stereocenters. The first-order valence-corrected chi connectivity index (χ1v) is 10.7. The summed E-state index contributed by atoms with van der Waals surface area (Å²) in [6, 6.07) is 9.57. The zero-order valence-electron chi connectivity index (χ0n) is 15.9. The predicted molar refractivity (Wildman–Crippen MR) is 103 cm³/mol. The van der Waals surface area contributed by atoms with E-state index in [-0.39, 0.29) is 17.0 Å². The van der Waals surface area contributed by atoms with Gasteiger partial charge < -0.3 is 20.5 Å². The Morgan fingerprint density at radius 1 is 1.13 bits per heavy atom. The van der Waals surface area contributed by atoms with Crippen LogP contribution in [0.2, 0.25) is 0 Å². The number of para-hydroxylation sites is 1. The number of ether oxygens (including phenoxy) is 1. The van der Waals surface area contributed by atoms with Gasteiger partial charge in [-0.05, 0) is 30.2 Å². The zero-order valence-corrected chi connectivity index (χ0v) is 16.8. The van der Waals surface area contributed by atoms with Crippen LogP contribution in [0.1, 0.15) is 17.2 Å². The van der Waals surface area contributed by atoms with E-state index in [1.165, 1.54) is 30.3 Å². The molecule has 7 nitrogen and oxygen atoms in total. The maximum Gasteiger partial charge on any atom is 0.573 e. The van der Waals surface area contributed by atoms with Crippen molar-refractivity contribution in [3.05, 3.63) is 59.7 Å². The number of nitrogens with one attached hydrogen (secondary N) is 2. The number of alkyl halides is 3. The fourth-order valence-corrected chi connectivity index (χ4v) is 3.27. The number of aliphatic hydroxyl groups excluding tert-OH is 1. The summed E-state index contributed by atoms with van der Waals surface area (Å²) in [5.74, 6) is -0.518. The van der Waals surface area contributed by atoms with Gasteiger partial charge in [-0.2, -0.15) is 0 Å². The fourth-order valence-electron chi connectivity index (χ4n) is 2.64. The smallest absolute Gasteiger partial charge is 0.405 e. The van der Waals surface area contributed by atoms with E-state index in [9.17, 15) is 31.5 Å². The third-order valence-electron chi connectivity index (χ3n) is 4.06. The van der Waals surface area contributed by atoms with Gasteiger partial charge in [-0.1, -0.05) is 30.3 Å². The van der Waals surface area contributed by atoms with Crippen LogP contribution in [-0.2, 0) is 16.3 Å². The van der Waals surface area contributed by atoms with Gasteiger partial charge in [-0.3, -0.25) is 0 Å². The minimum atomic E-state index is -4.91. The number of sulfone groups is 1. The molecule has 164 valence electrons. The van der Waals surface area contributed by atoms with E-state index in [0.29, 0.717) is 6.42 Å². The molecule has 30 heavy (non-hydrogen) atoms. The number of rotatable bonds is 8. The van der Waals surface area contributed by atoms with Crippen LogP contribution in [0, 0.1) is 0 Å². The second-order valence-electron chi connectivity index (χ2n) is 6.39. The second-order valence-corrected chi connectivity index (χ2v) is 8.40. The lowest BCUT2D eigenvalue weighted by Gasteiger charge is -2.21. The topological polar surface area (TPSA) is 105 Å². The number of carbonyl (C=O) groups excluding carboxylic acids is 1. The van der Waals surface area contributed by atoms with E-state index in [1.54, 1.807) is 12.1 Å². The molecule has 0 aliphatic carbocycles. The molecular formula is C19H21F3N2O5S. The Morgan fingerprint density at radius 3 is 2.33 bits per heavy atom. The largest absolute Gasteiger partial charge is 0.573 e. The third kappa shape index (κ3) is 7.23. The molecule has 0 saturated heterocycles. The Hall–Kier alpha value is -2.79. The minimum Gasteiger partial charge on any atom is -0.405 e. The van der Waals surface area contributed by atoms with Crippen molar-refractivity contribution in [2.45, 2.75) is 23.7 Å². The van der Waals surface area contributed by atoms with Crippen molar-refractivity contribution < 1.29 is 36.2 Å². The van der Waals surface area contributed by atoms with E-state index in [0.717, 1.165) is 17.9 Å². The van der Waals surface area contributed by atoms with E-state index in [4.69, 9.17) is 0 Å². The summed E-state index contributed by atoms with van der Waals surface area (Å²) >= 11 is 0. The Labute approximate surface area is 171 Å². The van der Waals surface area contributed by atoms with Gasteiger partial charge in [0.2, 0.25) is 0 Å². The van der Waals surface area contributed by atoms with Crippen molar-refractivity contribution in [3.63, 3.8) is 0 Å². The monoisotopic (exact) mass is 446 g/mol. The summed E-state index contributed by atoms with van der Waals surface area (Å²) in [4.78, 5) is 12.3. The summed E-state index contributed by atoms with van der Waals surface area (Å²) in [5.41, 5.74) is 0.758. The summed E-state index contributed by atoms with van der Waals surface area (Å²) in [6.45, 7) is -0.457. The van der Waals surface area contributed by atoms with Gasteiger partial charge in [0.1, 0.15) is 5.75 Å². The lowest BCUT2D eigenvalue weighted by molar-refractivity contribution is -0.275. The highest BCUT2D eigenvalue weighted by atomic mass is 32.2. The molecule has 0 spiro atoms. The molecule has 0 heterocycles. The van der Waals surface area contributed by atoms with Gasteiger partial charge >= 0.3 is 12.4 Å². The number of halogens is 3. The Bertz CT molecular complexity index is 963. The van der Waals surface area contributed by atoms with E-state index >= 15 is 0 Å². The lowest BCUT2D eigenvalue weighted by atomic mass is 10.1. The average molecular weight is 446 g/mol. The second kappa shape index (κ2) is 9.81. The SMILES string of the molecule is CS(=O)(=O)c1ccc(CCNC(=O)NC(CO)c2ccccc2OC(F)(F)F)cc1. The van der Waals surface area contributed by atoms with Gasteiger partial charge in [-0.15, -0.1) is 13.2 Å². The van der Waals surface area contributed by atoms with Crippen molar-refractivity contribution in [1.29, 1.82) is 0 Å². The van der Waals surface area contributed by atoms with Crippen LogP contribution in [0.15, 0.2) is 53.4 Å². The molecule has 2 amide bonds. The molecule has 0 aliphatic rings. The van der Waals surface area contributed by atoms with Crippen molar-refractivity contribution >= 4 is 15.9 Å². The summed E-state index contributed by atoms with van der Waals surface area (Å²) in [7, 11) is -3.30. The van der Waals surface area contributed by atoms with Gasteiger partial charge in [0.15, 0.2) is 9.84 Å². The van der Waals surface area contributed by atoms with Crippen LogP contribution in [0.25, 0.3) is 0 Å². The number of amides is 2. The van der Waals surface area contributed by atoms with Crippen molar-refractivity contribution in [1.82, 2.24) is 10.6 Å². The Morgan fingerprint density at radius 2 is 1.77 bits per heavy atom. The van der Waals surface area contributed by atoms with E-state index in [1.807, 2.05) is 0 Å². The first-order chi connectivity index (χ1) is 14.0. The first kappa shape index (κ1) is 23.5. The Balaban J connectivity index is 1.94. The molecule has 11 heteroatoms. The molecule has 0 aliphatic heterocycles. The van der Waals surface area contributed by atoms with Crippen molar-refractivity contribution in [2.75, 3.05) is 19.4 Å². The maximum atomic E-state index is 12.6. The number of hydrogen-bond donors (Lipinski definition) is 3. The van der Waals surface area contributed by atoms with Gasteiger partial charge in [-0.25, -0.2) is 13.2 Å². The summed E-state index contributed by atoms with van der Waals surface area (Å²) < 4.78 is 64.5. The van der Waals surface area contributed by atoms with Crippen LogP contribution < -0.4 is 15.4 Å². The Kier molecular flexibility index (Phi) is 7.68. The molecular weight excluding hydrogens is 425 g/mol. The highest BCUT2D eigenvalue weighted by molar-refractivity contribution is 7.90. The number of hydrogen-bond acceptors (Lipinski definition) is 5. The van der Waals surface area contributed by atoms with Crippen LogP contribution >= 0.6 is 0 Å². The third-order valence-corrected chi connectivity index (χ3v) is 5.19. The molecule has 1 atom stereocenters. The number of benzene rings is 2. The maximum absolute atomic E-state index is 12.6. The number of aliphatic hydroxyl groups is 1. The molecule has 0 fully saturated rings. The quantitative estimate of drug-likeness (QED) is 0.578. The van der Waals surface area contributed by atoms with Crippen molar-refractivity contribution in [2.24, 2.45) is 0 Å². The van der Waals surface area contributed by atoms with Gasteiger partial charge in [0, 0.05) is 18.4 Å². The summed E-state index contributed by atoms with van der Waals surface area (Å²) in [5, 5.41) is 14.5. The first-order valence-electron chi connectivity index (χ1n) is 8.78. The highest BCUT2D eigenvalue weighted by Crippen LogP contribution is 2.30. The average Bonchev–Trinajstić information content (AvgIpc) is 2.65. The normalized spacial score (nSPS) is 12.8. The molecule has 0 aromatic heterocycles.